The molecular weight excluding hydrogens is 365 g/mol. The summed E-state index contributed by atoms with van der Waals surface area (Å²) in [7, 11) is 0. The molecule has 0 saturated carbocycles. The molecule has 2 atom stereocenters. The molecule has 0 spiro atoms. The van der Waals surface area contributed by atoms with Gasteiger partial charge in [-0.2, -0.15) is 8.78 Å². The lowest BCUT2D eigenvalue weighted by Gasteiger charge is -2.20. The summed E-state index contributed by atoms with van der Waals surface area (Å²) in [5.74, 6) is -0.532. The summed E-state index contributed by atoms with van der Waals surface area (Å²) in [5.41, 5.74) is 1.03. The number of hydrogen-bond donors (Lipinski definition) is 0. The van der Waals surface area contributed by atoms with E-state index >= 15 is 0 Å². The lowest BCUT2D eigenvalue weighted by molar-refractivity contribution is -0.144. The average Bonchev–Trinajstić information content (AvgIpc) is 2.37. The fraction of sp³-hybridized carbons (Fsp3) is 0.357. The largest absolute Gasteiger partial charge is 0.457 e. The Labute approximate surface area is 125 Å². The molecule has 1 aromatic carbocycles. The highest BCUT2D eigenvalue weighted by atomic mass is 127. The van der Waals surface area contributed by atoms with Crippen molar-refractivity contribution >= 4 is 28.6 Å². The molecule has 19 heavy (non-hydrogen) atoms. The number of ether oxygens (including phenoxy) is 1. The number of esters is 1. The molecule has 0 aliphatic carbocycles. The van der Waals surface area contributed by atoms with Gasteiger partial charge >= 0.3 is 5.97 Å². The Morgan fingerprint density at radius 1 is 1.32 bits per heavy atom. The molecule has 0 heterocycles. The second-order valence-electron chi connectivity index (χ2n) is 4.25. The van der Waals surface area contributed by atoms with E-state index in [9.17, 15) is 13.6 Å². The first-order valence-electron chi connectivity index (χ1n) is 5.84. The highest BCUT2D eigenvalue weighted by Crippen LogP contribution is 2.30. The molecule has 0 saturated heterocycles. The van der Waals surface area contributed by atoms with Crippen LogP contribution in [0.15, 0.2) is 40.0 Å². The van der Waals surface area contributed by atoms with Crippen LogP contribution in [0.4, 0.5) is 8.78 Å². The lowest BCUT2D eigenvalue weighted by atomic mass is 9.95. The molecule has 0 aliphatic heterocycles. The van der Waals surface area contributed by atoms with Crippen molar-refractivity contribution in [2.24, 2.45) is 0 Å². The zero-order chi connectivity index (χ0) is 14.4. The van der Waals surface area contributed by atoms with Crippen molar-refractivity contribution in [2.75, 3.05) is 0 Å². The summed E-state index contributed by atoms with van der Waals surface area (Å²) >= 11 is 1.53. The first-order chi connectivity index (χ1) is 8.91. The van der Waals surface area contributed by atoms with Crippen molar-refractivity contribution in [2.45, 2.75) is 32.3 Å². The van der Waals surface area contributed by atoms with Crippen LogP contribution in [0.2, 0.25) is 0 Å². The highest BCUT2D eigenvalue weighted by molar-refractivity contribution is 14.1. The Morgan fingerprint density at radius 3 is 2.37 bits per heavy atom. The standard InChI is InChI=1S/C14H15F2IO2/c1-9(11-6-4-3-5-7-11)8-12(19-10(2)18)13(17)14(15)16/h3-7,9,12H,8H2,1-2H3. The summed E-state index contributed by atoms with van der Waals surface area (Å²) in [5, 5.41) is 0. The predicted octanol–water partition coefficient (Wildman–Crippen LogP) is 4.66. The number of carbonyl (C=O) groups excluding carboxylic acids is 1. The van der Waals surface area contributed by atoms with E-state index in [0.29, 0.717) is 6.42 Å². The van der Waals surface area contributed by atoms with E-state index in [1.807, 2.05) is 37.3 Å². The first-order valence-corrected chi connectivity index (χ1v) is 6.92. The monoisotopic (exact) mass is 380 g/mol. The fourth-order valence-corrected chi connectivity index (χ4v) is 2.15. The van der Waals surface area contributed by atoms with Crippen LogP contribution in [-0.2, 0) is 9.53 Å². The maximum Gasteiger partial charge on any atom is 0.303 e. The third-order valence-electron chi connectivity index (χ3n) is 2.71. The topological polar surface area (TPSA) is 26.3 Å². The number of hydrogen-bond acceptors (Lipinski definition) is 2. The van der Waals surface area contributed by atoms with E-state index < -0.39 is 18.2 Å². The molecule has 1 rings (SSSR count). The summed E-state index contributed by atoms with van der Waals surface area (Å²) in [6.07, 6.45) is -2.36. The van der Waals surface area contributed by atoms with Gasteiger partial charge in [0.25, 0.3) is 6.08 Å². The van der Waals surface area contributed by atoms with Crippen LogP contribution in [0.1, 0.15) is 31.7 Å². The molecule has 0 radical (unpaired) electrons. The molecule has 0 aromatic heterocycles. The van der Waals surface area contributed by atoms with Gasteiger partial charge in [0.15, 0.2) is 0 Å². The molecule has 2 nitrogen and oxygen atoms in total. The summed E-state index contributed by atoms with van der Waals surface area (Å²) in [4.78, 5) is 11.0. The first kappa shape index (κ1) is 16.1. The maximum atomic E-state index is 12.7. The summed E-state index contributed by atoms with van der Waals surface area (Å²) < 4.78 is 30.1. The van der Waals surface area contributed by atoms with Crippen LogP contribution in [0, 0.1) is 0 Å². The number of carbonyl (C=O) groups is 1. The smallest absolute Gasteiger partial charge is 0.303 e. The molecule has 5 heteroatoms. The van der Waals surface area contributed by atoms with Gasteiger partial charge in [-0.05, 0) is 40.5 Å². The molecule has 2 unspecified atom stereocenters. The molecule has 1 aromatic rings. The second-order valence-corrected chi connectivity index (χ2v) is 5.42. The van der Waals surface area contributed by atoms with Crippen molar-refractivity contribution in [3.05, 3.63) is 45.6 Å². The third-order valence-corrected chi connectivity index (χ3v) is 3.81. The molecule has 0 amide bonds. The van der Waals surface area contributed by atoms with Crippen molar-refractivity contribution in [1.82, 2.24) is 0 Å². The molecule has 0 bridgehead atoms. The van der Waals surface area contributed by atoms with Gasteiger partial charge in [0.2, 0.25) is 0 Å². The van der Waals surface area contributed by atoms with Crippen molar-refractivity contribution in [3.63, 3.8) is 0 Å². The van der Waals surface area contributed by atoms with Crippen LogP contribution in [-0.4, -0.2) is 12.1 Å². The van der Waals surface area contributed by atoms with Gasteiger partial charge in [0.1, 0.15) is 6.10 Å². The van der Waals surface area contributed by atoms with Crippen LogP contribution < -0.4 is 0 Å². The molecule has 104 valence electrons. The van der Waals surface area contributed by atoms with E-state index in [-0.39, 0.29) is 9.50 Å². The number of rotatable bonds is 5. The second kappa shape index (κ2) is 7.57. The van der Waals surface area contributed by atoms with Crippen LogP contribution in [0.3, 0.4) is 0 Å². The van der Waals surface area contributed by atoms with Crippen molar-refractivity contribution in [3.8, 4) is 0 Å². The zero-order valence-electron chi connectivity index (χ0n) is 10.7. The average molecular weight is 380 g/mol. The van der Waals surface area contributed by atoms with Gasteiger partial charge in [-0.3, -0.25) is 4.79 Å². The van der Waals surface area contributed by atoms with E-state index in [2.05, 4.69) is 0 Å². The van der Waals surface area contributed by atoms with Crippen LogP contribution in [0.5, 0.6) is 0 Å². The third kappa shape index (κ3) is 5.26. The normalized spacial score (nSPS) is 13.5. The van der Waals surface area contributed by atoms with E-state index in [4.69, 9.17) is 4.74 Å². The minimum atomic E-state index is -1.80. The van der Waals surface area contributed by atoms with E-state index in [1.54, 1.807) is 0 Å². The predicted molar refractivity (Wildman–Crippen MR) is 78.3 cm³/mol. The summed E-state index contributed by atoms with van der Waals surface area (Å²) in [6, 6.07) is 9.53. The summed E-state index contributed by atoms with van der Waals surface area (Å²) in [6.45, 7) is 3.14. The van der Waals surface area contributed by atoms with Gasteiger partial charge in [0.05, 0.1) is 3.58 Å². The lowest BCUT2D eigenvalue weighted by Crippen LogP contribution is -2.19. The maximum absolute atomic E-state index is 12.7. The van der Waals surface area contributed by atoms with E-state index in [1.165, 1.54) is 29.5 Å². The Balaban J connectivity index is 2.83. The Kier molecular flexibility index (Phi) is 6.41. The fourth-order valence-electron chi connectivity index (χ4n) is 1.76. The number of benzene rings is 1. The molecule has 0 aliphatic rings. The van der Waals surface area contributed by atoms with Crippen LogP contribution in [0.25, 0.3) is 0 Å². The van der Waals surface area contributed by atoms with Crippen LogP contribution >= 0.6 is 22.6 Å². The van der Waals surface area contributed by atoms with Gasteiger partial charge in [0, 0.05) is 6.92 Å². The Morgan fingerprint density at radius 2 is 1.89 bits per heavy atom. The molecule has 0 N–H and O–H groups in total. The van der Waals surface area contributed by atoms with E-state index in [0.717, 1.165) is 5.56 Å². The van der Waals surface area contributed by atoms with Gasteiger partial charge < -0.3 is 4.74 Å². The molecule has 0 fully saturated rings. The van der Waals surface area contributed by atoms with Crippen molar-refractivity contribution in [1.29, 1.82) is 0 Å². The van der Waals surface area contributed by atoms with Crippen molar-refractivity contribution < 1.29 is 18.3 Å². The van der Waals surface area contributed by atoms with Gasteiger partial charge in [-0.1, -0.05) is 37.3 Å². The molecular formula is C14H15F2IO2. The highest BCUT2D eigenvalue weighted by Gasteiger charge is 2.23. The number of halogens is 3. The van der Waals surface area contributed by atoms with Gasteiger partial charge in [-0.25, -0.2) is 0 Å². The minimum absolute atomic E-state index is 0.0228. The SMILES string of the molecule is CC(=O)OC(CC(C)c1ccccc1)C(I)=C(F)F. The Hall–Kier alpha value is -0.980. The van der Waals surface area contributed by atoms with Gasteiger partial charge in [-0.15, -0.1) is 0 Å². The minimum Gasteiger partial charge on any atom is -0.457 e. The zero-order valence-corrected chi connectivity index (χ0v) is 12.9. The Bertz CT molecular complexity index is 456. The quantitative estimate of drug-likeness (QED) is 0.549.